The van der Waals surface area contributed by atoms with Gasteiger partial charge in [0.1, 0.15) is 12.6 Å². The second-order valence-electron chi connectivity index (χ2n) is 7.06. The zero-order valence-corrected chi connectivity index (χ0v) is 16.1. The summed E-state index contributed by atoms with van der Waals surface area (Å²) in [7, 11) is 0. The first-order valence-corrected chi connectivity index (χ1v) is 9.50. The lowest BCUT2D eigenvalue weighted by Gasteiger charge is -2.22. The van der Waals surface area contributed by atoms with Gasteiger partial charge in [0, 0.05) is 26.1 Å². The molecular formula is C20H29N3O4. The van der Waals surface area contributed by atoms with E-state index in [0.29, 0.717) is 25.9 Å². The Hall–Kier alpha value is -2.57. The zero-order chi connectivity index (χ0) is 19.6. The molecule has 0 unspecified atom stereocenters. The molecule has 1 aromatic rings. The second kappa shape index (κ2) is 10.5. The van der Waals surface area contributed by atoms with E-state index in [9.17, 15) is 14.4 Å². The molecule has 7 nitrogen and oxygen atoms in total. The lowest BCUT2D eigenvalue weighted by atomic mass is 10.0. The second-order valence-corrected chi connectivity index (χ2v) is 7.06. The van der Waals surface area contributed by atoms with Crippen LogP contribution in [0.15, 0.2) is 30.3 Å². The molecule has 0 saturated carbocycles. The Labute approximate surface area is 160 Å². The molecule has 1 aliphatic heterocycles. The molecular weight excluding hydrogens is 346 g/mol. The third kappa shape index (κ3) is 6.92. The van der Waals surface area contributed by atoms with Crippen LogP contribution in [0, 0.1) is 5.92 Å². The summed E-state index contributed by atoms with van der Waals surface area (Å²) in [6, 6.07) is 8.70. The number of rotatable bonds is 9. The van der Waals surface area contributed by atoms with Crippen LogP contribution in [-0.4, -0.2) is 48.5 Å². The quantitative estimate of drug-likeness (QED) is 0.647. The molecule has 0 aromatic heterocycles. The van der Waals surface area contributed by atoms with Gasteiger partial charge in [0.25, 0.3) is 0 Å². The van der Waals surface area contributed by atoms with E-state index in [1.165, 1.54) is 0 Å². The largest absolute Gasteiger partial charge is 0.445 e. The van der Waals surface area contributed by atoms with Crippen LogP contribution in [0.2, 0.25) is 0 Å². The summed E-state index contributed by atoms with van der Waals surface area (Å²) in [6.45, 7) is 5.80. The van der Waals surface area contributed by atoms with Gasteiger partial charge in [-0.3, -0.25) is 9.59 Å². The maximum Gasteiger partial charge on any atom is 0.408 e. The number of hydrogen-bond acceptors (Lipinski definition) is 4. The van der Waals surface area contributed by atoms with Gasteiger partial charge in [0.15, 0.2) is 0 Å². The van der Waals surface area contributed by atoms with Crippen molar-refractivity contribution >= 4 is 17.9 Å². The van der Waals surface area contributed by atoms with Crippen LogP contribution in [0.25, 0.3) is 0 Å². The molecule has 1 fully saturated rings. The Kier molecular flexibility index (Phi) is 8.10. The van der Waals surface area contributed by atoms with Crippen LogP contribution in [0.1, 0.15) is 38.7 Å². The highest BCUT2D eigenvalue weighted by atomic mass is 16.5. The highest BCUT2D eigenvalue weighted by Gasteiger charge is 2.25. The minimum atomic E-state index is -0.665. The van der Waals surface area contributed by atoms with Crippen molar-refractivity contribution in [1.82, 2.24) is 15.5 Å². The van der Waals surface area contributed by atoms with Gasteiger partial charge in [0.2, 0.25) is 11.8 Å². The third-order valence-corrected chi connectivity index (χ3v) is 4.51. The number of carbonyl (C=O) groups is 3. The van der Waals surface area contributed by atoms with Crippen LogP contribution in [0.5, 0.6) is 0 Å². The molecule has 148 valence electrons. The van der Waals surface area contributed by atoms with Gasteiger partial charge >= 0.3 is 6.09 Å². The van der Waals surface area contributed by atoms with E-state index in [0.717, 1.165) is 18.5 Å². The Bertz CT molecular complexity index is 633. The summed E-state index contributed by atoms with van der Waals surface area (Å²) >= 11 is 0. The lowest BCUT2D eigenvalue weighted by Crippen LogP contribution is -2.50. The van der Waals surface area contributed by atoms with Gasteiger partial charge in [-0.05, 0) is 24.3 Å². The third-order valence-electron chi connectivity index (χ3n) is 4.51. The molecule has 0 radical (unpaired) electrons. The normalized spacial score (nSPS) is 14.9. The SMILES string of the molecule is CC(C)[C@H](NC(=O)OCc1ccccc1)C(=O)NCCCN1CCCC1=O. The van der Waals surface area contributed by atoms with Gasteiger partial charge in [-0.25, -0.2) is 4.79 Å². The highest BCUT2D eigenvalue weighted by molar-refractivity contribution is 5.85. The number of nitrogens with zero attached hydrogens (tertiary/aromatic N) is 1. The van der Waals surface area contributed by atoms with Gasteiger partial charge in [-0.1, -0.05) is 44.2 Å². The summed E-state index contributed by atoms with van der Waals surface area (Å²) in [6.07, 6.45) is 1.61. The van der Waals surface area contributed by atoms with Crippen LogP contribution in [0.4, 0.5) is 4.79 Å². The summed E-state index contributed by atoms with van der Waals surface area (Å²) in [4.78, 5) is 37.8. The summed E-state index contributed by atoms with van der Waals surface area (Å²) in [5.41, 5.74) is 0.884. The van der Waals surface area contributed by atoms with Crippen molar-refractivity contribution in [2.24, 2.45) is 5.92 Å². The minimum Gasteiger partial charge on any atom is -0.445 e. The van der Waals surface area contributed by atoms with Gasteiger partial charge < -0.3 is 20.3 Å². The molecule has 7 heteroatoms. The maximum atomic E-state index is 12.4. The molecule has 2 rings (SSSR count). The molecule has 1 atom stereocenters. The van der Waals surface area contributed by atoms with Crippen LogP contribution in [-0.2, 0) is 20.9 Å². The molecule has 1 aromatic carbocycles. The summed E-state index contributed by atoms with van der Waals surface area (Å²) in [5.74, 6) is -0.131. The first kappa shape index (κ1) is 20.7. The number of nitrogens with one attached hydrogen (secondary N) is 2. The van der Waals surface area contributed by atoms with E-state index >= 15 is 0 Å². The van der Waals surface area contributed by atoms with Gasteiger partial charge in [-0.15, -0.1) is 0 Å². The van der Waals surface area contributed by atoms with Crippen LogP contribution < -0.4 is 10.6 Å². The first-order chi connectivity index (χ1) is 13.0. The van der Waals surface area contributed by atoms with E-state index in [1.54, 1.807) is 0 Å². The average Bonchev–Trinajstić information content (AvgIpc) is 3.07. The number of likely N-dealkylation sites (tertiary alicyclic amines) is 1. The van der Waals surface area contributed by atoms with Crippen molar-refractivity contribution < 1.29 is 19.1 Å². The molecule has 2 N–H and O–H groups in total. The average molecular weight is 375 g/mol. The Morgan fingerprint density at radius 1 is 1.22 bits per heavy atom. The van der Waals surface area contributed by atoms with Crippen LogP contribution in [0.3, 0.4) is 0 Å². The number of alkyl carbamates (subject to hydrolysis) is 1. The molecule has 0 aliphatic carbocycles. The minimum absolute atomic E-state index is 0.0746. The van der Waals surface area contributed by atoms with Crippen molar-refractivity contribution in [1.29, 1.82) is 0 Å². The monoisotopic (exact) mass is 375 g/mol. The fourth-order valence-corrected chi connectivity index (χ4v) is 2.96. The zero-order valence-electron chi connectivity index (χ0n) is 16.1. The van der Waals surface area contributed by atoms with E-state index in [2.05, 4.69) is 10.6 Å². The smallest absolute Gasteiger partial charge is 0.408 e. The van der Waals surface area contributed by atoms with Crippen molar-refractivity contribution in [3.8, 4) is 0 Å². The Morgan fingerprint density at radius 3 is 2.59 bits per heavy atom. The standard InChI is InChI=1S/C20H29N3O4/c1-15(2)18(22-20(26)27-14-16-8-4-3-5-9-16)19(25)21-11-7-13-23-12-6-10-17(23)24/h3-5,8-9,15,18H,6-7,10-14H2,1-2H3,(H,21,25)(H,22,26)/t18-/m0/s1. The fourth-order valence-electron chi connectivity index (χ4n) is 2.96. The molecule has 3 amide bonds. The summed E-state index contributed by atoms with van der Waals surface area (Å²) in [5, 5.41) is 5.47. The Morgan fingerprint density at radius 2 is 1.96 bits per heavy atom. The topological polar surface area (TPSA) is 87.7 Å². The number of ether oxygens (including phenoxy) is 1. The highest BCUT2D eigenvalue weighted by Crippen LogP contribution is 2.09. The molecule has 1 aliphatic rings. The van der Waals surface area contributed by atoms with Gasteiger partial charge in [-0.2, -0.15) is 0 Å². The molecule has 1 heterocycles. The maximum absolute atomic E-state index is 12.4. The Balaban J connectivity index is 1.71. The molecule has 1 saturated heterocycles. The molecule has 27 heavy (non-hydrogen) atoms. The van der Waals surface area contributed by atoms with Crippen molar-refractivity contribution in [2.45, 2.75) is 45.8 Å². The predicted molar refractivity (Wildman–Crippen MR) is 102 cm³/mol. The first-order valence-electron chi connectivity index (χ1n) is 9.50. The van der Waals surface area contributed by atoms with Crippen molar-refractivity contribution in [3.63, 3.8) is 0 Å². The van der Waals surface area contributed by atoms with Crippen molar-refractivity contribution in [3.05, 3.63) is 35.9 Å². The van der Waals surface area contributed by atoms with Gasteiger partial charge in [0.05, 0.1) is 0 Å². The van der Waals surface area contributed by atoms with E-state index in [-0.39, 0.29) is 24.3 Å². The number of amides is 3. The van der Waals surface area contributed by atoms with E-state index < -0.39 is 12.1 Å². The number of carbonyl (C=O) groups excluding carboxylic acids is 3. The van der Waals surface area contributed by atoms with Crippen LogP contribution >= 0.6 is 0 Å². The number of hydrogen-bond donors (Lipinski definition) is 2. The van der Waals surface area contributed by atoms with Crippen molar-refractivity contribution in [2.75, 3.05) is 19.6 Å². The van der Waals surface area contributed by atoms with E-state index in [1.807, 2.05) is 49.1 Å². The van der Waals surface area contributed by atoms with E-state index in [4.69, 9.17) is 4.74 Å². The number of benzene rings is 1. The fraction of sp³-hybridized carbons (Fsp3) is 0.550. The molecule has 0 bridgehead atoms. The predicted octanol–water partition coefficient (Wildman–Crippen LogP) is 2.07. The lowest BCUT2D eigenvalue weighted by molar-refractivity contribution is -0.127. The summed E-state index contributed by atoms with van der Waals surface area (Å²) < 4.78 is 5.19. The molecule has 0 spiro atoms.